The molecule has 2 heterocycles. The number of fused-ring (bicyclic) bond motifs is 1. The molecule has 0 fully saturated rings. The van der Waals surface area contributed by atoms with E-state index in [1.165, 1.54) is 0 Å². The quantitative estimate of drug-likeness (QED) is 0.744. The molecule has 1 atom stereocenters. The predicted molar refractivity (Wildman–Crippen MR) is 99.0 cm³/mol. The van der Waals surface area contributed by atoms with Crippen LogP contribution in [0.4, 0.5) is 0 Å². The molecule has 0 spiro atoms. The highest BCUT2D eigenvalue weighted by Crippen LogP contribution is 2.29. The summed E-state index contributed by atoms with van der Waals surface area (Å²) in [5, 5.41) is 11.4. The van der Waals surface area contributed by atoms with Crippen LogP contribution in [0.25, 0.3) is 10.9 Å². The highest BCUT2D eigenvalue weighted by atomic mass is 16.1. The lowest BCUT2D eigenvalue weighted by molar-refractivity contribution is -0.121. The van der Waals surface area contributed by atoms with Crippen LogP contribution >= 0.6 is 0 Å². The maximum Gasteiger partial charge on any atom is 0.226 e. The van der Waals surface area contributed by atoms with Crippen LogP contribution in [-0.4, -0.2) is 21.1 Å². The second-order valence-corrected chi connectivity index (χ2v) is 7.57. The molecule has 1 amide bonds. The first-order chi connectivity index (χ1) is 11.9. The monoisotopic (exact) mass is 336 g/mol. The number of H-pyrrole nitrogens is 1. The number of carbonyl (C=O) groups is 1. The highest BCUT2D eigenvalue weighted by molar-refractivity contribution is 5.87. The average molecular weight is 336 g/mol. The maximum absolute atomic E-state index is 12.6. The zero-order valence-corrected chi connectivity index (χ0v) is 14.9. The first-order valence-corrected chi connectivity index (χ1v) is 8.54. The van der Waals surface area contributed by atoms with Crippen molar-refractivity contribution in [2.24, 2.45) is 5.41 Å². The van der Waals surface area contributed by atoms with Gasteiger partial charge in [0.2, 0.25) is 5.91 Å². The minimum atomic E-state index is -0.0598. The third-order valence-electron chi connectivity index (χ3n) is 4.12. The first kappa shape index (κ1) is 17.1. The van der Waals surface area contributed by atoms with Gasteiger partial charge in [-0.1, -0.05) is 45.0 Å². The molecular formula is C20H24N4O. The van der Waals surface area contributed by atoms with Gasteiger partial charge >= 0.3 is 0 Å². The number of aromatic nitrogens is 3. The Balaban J connectivity index is 1.76. The molecule has 1 aromatic carbocycles. The summed E-state index contributed by atoms with van der Waals surface area (Å²) < 4.78 is 0. The lowest BCUT2D eigenvalue weighted by atomic mass is 9.85. The molecule has 0 aliphatic heterocycles. The predicted octanol–water partition coefficient (Wildman–Crippen LogP) is 3.79. The molecule has 0 aliphatic carbocycles. The van der Waals surface area contributed by atoms with Crippen LogP contribution in [0, 0.1) is 5.41 Å². The van der Waals surface area contributed by atoms with E-state index < -0.39 is 0 Å². The molecule has 0 radical (unpaired) electrons. The van der Waals surface area contributed by atoms with E-state index in [9.17, 15) is 4.79 Å². The molecule has 2 N–H and O–H groups in total. The normalized spacial score (nSPS) is 12.9. The number of hydrogen-bond donors (Lipinski definition) is 2. The zero-order valence-electron chi connectivity index (χ0n) is 14.9. The summed E-state index contributed by atoms with van der Waals surface area (Å²) in [7, 11) is 0. The molecule has 0 saturated heterocycles. The van der Waals surface area contributed by atoms with Gasteiger partial charge in [0.15, 0.2) is 0 Å². The van der Waals surface area contributed by atoms with Crippen LogP contribution in [0.15, 0.2) is 48.8 Å². The van der Waals surface area contributed by atoms with Crippen molar-refractivity contribution in [3.8, 4) is 0 Å². The van der Waals surface area contributed by atoms with Crippen molar-refractivity contribution >= 4 is 16.8 Å². The molecule has 3 rings (SSSR count). The van der Waals surface area contributed by atoms with Gasteiger partial charge in [-0.15, -0.1) is 0 Å². The summed E-state index contributed by atoms with van der Waals surface area (Å²) in [6, 6.07) is 11.7. The molecule has 2 aromatic heterocycles. The molecule has 130 valence electrons. The number of hydrogen-bond acceptors (Lipinski definition) is 3. The fourth-order valence-corrected chi connectivity index (χ4v) is 3.00. The Morgan fingerprint density at radius 2 is 2.00 bits per heavy atom. The first-order valence-electron chi connectivity index (χ1n) is 8.54. The lowest BCUT2D eigenvalue weighted by Crippen LogP contribution is -2.32. The molecule has 0 bridgehead atoms. The van der Waals surface area contributed by atoms with Gasteiger partial charge in [-0.05, 0) is 29.5 Å². The largest absolute Gasteiger partial charge is 0.349 e. The average Bonchev–Trinajstić information content (AvgIpc) is 2.97. The summed E-state index contributed by atoms with van der Waals surface area (Å²) in [6.07, 6.45) is 4.69. The van der Waals surface area contributed by atoms with E-state index in [-0.39, 0.29) is 23.8 Å². The van der Waals surface area contributed by atoms with Crippen molar-refractivity contribution in [1.29, 1.82) is 0 Å². The number of nitrogens with one attached hydrogen (secondary N) is 2. The van der Waals surface area contributed by atoms with Gasteiger partial charge in [0.05, 0.1) is 23.7 Å². The number of amides is 1. The van der Waals surface area contributed by atoms with Crippen LogP contribution in [0.3, 0.4) is 0 Å². The van der Waals surface area contributed by atoms with E-state index in [4.69, 9.17) is 0 Å². The number of nitrogens with zero attached hydrogens (tertiary/aromatic N) is 2. The van der Waals surface area contributed by atoms with E-state index >= 15 is 0 Å². The molecule has 25 heavy (non-hydrogen) atoms. The maximum atomic E-state index is 12.6. The lowest BCUT2D eigenvalue weighted by Gasteiger charge is -2.27. The van der Waals surface area contributed by atoms with Gasteiger partial charge in [0, 0.05) is 17.8 Å². The van der Waals surface area contributed by atoms with E-state index in [1.807, 2.05) is 42.6 Å². The highest BCUT2D eigenvalue weighted by Gasteiger charge is 2.22. The number of carbonyl (C=O) groups excluding carboxylic acids is 1. The van der Waals surface area contributed by atoms with Gasteiger partial charge in [-0.25, -0.2) is 0 Å². The fraction of sp³-hybridized carbons (Fsp3) is 0.350. The van der Waals surface area contributed by atoms with Crippen LogP contribution in [0.2, 0.25) is 0 Å². The van der Waals surface area contributed by atoms with Crippen molar-refractivity contribution < 1.29 is 4.79 Å². The Kier molecular flexibility index (Phi) is 4.83. The second kappa shape index (κ2) is 7.05. The molecule has 0 saturated carbocycles. The van der Waals surface area contributed by atoms with Gasteiger partial charge < -0.3 is 5.32 Å². The molecular weight excluding hydrogens is 312 g/mol. The van der Waals surface area contributed by atoms with Crippen LogP contribution < -0.4 is 5.32 Å². The second-order valence-electron chi connectivity index (χ2n) is 7.57. The summed E-state index contributed by atoms with van der Waals surface area (Å²) >= 11 is 0. The van der Waals surface area contributed by atoms with Crippen molar-refractivity contribution in [2.75, 3.05) is 0 Å². The van der Waals surface area contributed by atoms with E-state index in [1.54, 1.807) is 6.20 Å². The fourth-order valence-electron chi connectivity index (χ4n) is 3.00. The third kappa shape index (κ3) is 4.44. The van der Waals surface area contributed by atoms with Crippen molar-refractivity contribution in [2.45, 2.75) is 39.7 Å². The minimum Gasteiger partial charge on any atom is -0.349 e. The Morgan fingerprint density at radius 1 is 1.20 bits per heavy atom. The summed E-state index contributed by atoms with van der Waals surface area (Å²) in [5.74, 6) is -0.0208. The Morgan fingerprint density at radius 3 is 2.72 bits per heavy atom. The Bertz CT molecular complexity index is 849. The number of para-hydroxylation sites is 1. The van der Waals surface area contributed by atoms with Crippen LogP contribution in [0.5, 0.6) is 0 Å². The van der Waals surface area contributed by atoms with E-state index in [0.29, 0.717) is 0 Å². The van der Waals surface area contributed by atoms with Gasteiger partial charge in [-0.3, -0.25) is 14.9 Å². The number of pyridine rings is 1. The van der Waals surface area contributed by atoms with Gasteiger partial charge in [0.25, 0.3) is 0 Å². The summed E-state index contributed by atoms with van der Waals surface area (Å²) in [5.41, 5.74) is 2.84. The summed E-state index contributed by atoms with van der Waals surface area (Å²) in [6.45, 7) is 6.51. The SMILES string of the molecule is CC(C)(C)C[C@H](NC(=O)Cc1[nH]nc2ccccc12)c1cccnc1. The standard InChI is InChI=1S/C20H24N4O/c1-20(2,3)12-18(14-7-6-10-21-13-14)22-19(25)11-17-15-8-4-5-9-16(15)23-24-17/h4-10,13,18H,11-12H2,1-3H3,(H,22,25)(H,23,24)/t18-/m0/s1. The molecule has 5 nitrogen and oxygen atoms in total. The van der Waals surface area contributed by atoms with Crippen molar-refractivity contribution in [3.05, 3.63) is 60.0 Å². The molecule has 3 aromatic rings. The van der Waals surface area contributed by atoms with E-state index in [0.717, 1.165) is 28.6 Å². The topological polar surface area (TPSA) is 70.7 Å². The Labute approximate surface area is 147 Å². The van der Waals surface area contributed by atoms with Crippen LogP contribution in [0.1, 0.15) is 44.5 Å². The third-order valence-corrected chi connectivity index (χ3v) is 4.12. The zero-order chi connectivity index (χ0) is 17.9. The van der Waals surface area contributed by atoms with Gasteiger partial charge in [0.1, 0.15) is 0 Å². The molecule has 0 unspecified atom stereocenters. The van der Waals surface area contributed by atoms with E-state index in [2.05, 4.69) is 41.3 Å². The number of benzene rings is 1. The van der Waals surface area contributed by atoms with Gasteiger partial charge in [-0.2, -0.15) is 5.10 Å². The van der Waals surface area contributed by atoms with Crippen molar-refractivity contribution in [3.63, 3.8) is 0 Å². The number of aromatic amines is 1. The molecule has 5 heteroatoms. The minimum absolute atomic E-state index is 0.0208. The smallest absolute Gasteiger partial charge is 0.226 e. The summed E-state index contributed by atoms with van der Waals surface area (Å²) in [4.78, 5) is 16.8. The Hall–Kier alpha value is -2.69. The van der Waals surface area contributed by atoms with Crippen LogP contribution in [-0.2, 0) is 11.2 Å². The number of rotatable bonds is 5. The van der Waals surface area contributed by atoms with Crippen molar-refractivity contribution in [1.82, 2.24) is 20.5 Å². The molecule has 0 aliphatic rings.